The minimum atomic E-state index is -0.723. The maximum absolute atomic E-state index is 10.5. The molecule has 0 amide bonds. The van der Waals surface area contributed by atoms with Gasteiger partial charge in [-0.15, -0.1) is 0 Å². The fourth-order valence-electron chi connectivity index (χ4n) is 1.87. The number of rotatable bonds is 3. The molecule has 0 aliphatic rings. The zero-order chi connectivity index (χ0) is 20.7. The molecule has 0 aromatic heterocycles. The highest BCUT2D eigenvalue weighted by molar-refractivity contribution is 5.92. The van der Waals surface area contributed by atoms with Crippen LogP contribution in [-0.4, -0.2) is 45.2 Å². The Labute approximate surface area is 152 Å². The van der Waals surface area contributed by atoms with Gasteiger partial charge in [-0.2, -0.15) is 10.5 Å². The molecule has 5 N–H and O–H groups in total. The Morgan fingerprint density at radius 3 is 1.96 bits per heavy atom. The minimum Gasteiger partial charge on any atom is -0.506 e. The molecular formula is C17H12N2O8. The highest BCUT2D eigenvalue weighted by Crippen LogP contribution is 2.37. The van der Waals surface area contributed by atoms with Crippen LogP contribution in [0.2, 0.25) is 0 Å². The van der Waals surface area contributed by atoms with Crippen molar-refractivity contribution in [1.29, 1.82) is 10.5 Å². The number of hydrogen-bond donors (Lipinski definition) is 5. The number of phenolic OH excluding ortho intramolecular Hbond substituents is 5. The molecule has 0 fully saturated rings. The number of carbonyl (C=O) groups is 2. The Balaban J connectivity index is 0.000000271. The van der Waals surface area contributed by atoms with Crippen LogP contribution >= 0.6 is 0 Å². The minimum absolute atomic E-state index is 0.0352. The van der Waals surface area contributed by atoms with Crippen LogP contribution in [0.25, 0.3) is 0 Å². The van der Waals surface area contributed by atoms with Gasteiger partial charge in [-0.25, -0.2) is 0 Å². The molecule has 2 aromatic rings. The van der Waals surface area contributed by atoms with Crippen molar-refractivity contribution in [2.45, 2.75) is 0 Å². The summed E-state index contributed by atoms with van der Waals surface area (Å²) in [6.45, 7) is 0. The van der Waals surface area contributed by atoms with Gasteiger partial charge in [0.15, 0.2) is 41.3 Å². The largest absolute Gasteiger partial charge is 0.506 e. The van der Waals surface area contributed by atoms with Crippen molar-refractivity contribution in [3.05, 3.63) is 34.4 Å². The summed E-state index contributed by atoms with van der Waals surface area (Å²) >= 11 is 0. The van der Waals surface area contributed by atoms with Crippen LogP contribution in [0.4, 0.5) is 0 Å². The number of hydrogen-bond acceptors (Lipinski definition) is 10. The molecule has 0 heterocycles. The van der Waals surface area contributed by atoms with Crippen molar-refractivity contribution in [1.82, 2.24) is 0 Å². The summed E-state index contributed by atoms with van der Waals surface area (Å²) in [4.78, 5) is 21.0. The molecule has 10 heteroatoms. The Morgan fingerprint density at radius 1 is 0.889 bits per heavy atom. The van der Waals surface area contributed by atoms with Crippen LogP contribution in [-0.2, 0) is 0 Å². The van der Waals surface area contributed by atoms with Gasteiger partial charge in [0, 0.05) is 6.07 Å². The van der Waals surface area contributed by atoms with E-state index in [2.05, 4.69) is 0 Å². The van der Waals surface area contributed by atoms with E-state index in [1.807, 2.05) is 0 Å². The Bertz CT molecular complexity index is 986. The number of ether oxygens (including phenoxy) is 1. The molecule has 27 heavy (non-hydrogen) atoms. The van der Waals surface area contributed by atoms with Crippen LogP contribution in [0.1, 0.15) is 31.8 Å². The topological polar surface area (TPSA) is 192 Å². The van der Waals surface area contributed by atoms with Gasteiger partial charge in [-0.05, 0) is 6.07 Å². The number of nitrogens with zero attached hydrogens (tertiary/aromatic N) is 2. The van der Waals surface area contributed by atoms with Crippen molar-refractivity contribution in [3.63, 3.8) is 0 Å². The first kappa shape index (κ1) is 20.6. The number of nitriles is 2. The van der Waals surface area contributed by atoms with E-state index in [0.29, 0.717) is 6.29 Å². The SMILES string of the molecule is COc1cc(C=O)c(O)c(C=O)c1O.N#Cc1cc(O)c(O)c(C#N)c1O. The number of methoxy groups -OCH3 is 1. The second-order valence-electron chi connectivity index (χ2n) is 4.75. The first-order valence-corrected chi connectivity index (χ1v) is 6.88. The molecule has 0 unspecified atom stereocenters. The smallest absolute Gasteiger partial charge is 0.179 e. The summed E-state index contributed by atoms with van der Waals surface area (Å²) in [5.74, 6) is -3.02. The van der Waals surface area contributed by atoms with E-state index < -0.39 is 34.3 Å². The van der Waals surface area contributed by atoms with Gasteiger partial charge in [0.2, 0.25) is 0 Å². The number of phenols is 5. The number of aldehydes is 2. The summed E-state index contributed by atoms with van der Waals surface area (Å²) in [7, 11) is 1.27. The monoisotopic (exact) mass is 372 g/mol. The zero-order valence-electron chi connectivity index (χ0n) is 13.7. The van der Waals surface area contributed by atoms with E-state index in [1.54, 1.807) is 6.07 Å². The maximum Gasteiger partial charge on any atom is 0.179 e. The van der Waals surface area contributed by atoms with Crippen molar-refractivity contribution >= 4 is 12.6 Å². The van der Waals surface area contributed by atoms with Crippen molar-refractivity contribution < 1.29 is 39.9 Å². The molecule has 2 rings (SSSR count). The normalized spacial score (nSPS) is 9.15. The molecular weight excluding hydrogens is 360 g/mol. The van der Waals surface area contributed by atoms with Crippen LogP contribution in [0, 0.1) is 22.7 Å². The lowest BCUT2D eigenvalue weighted by atomic mass is 10.1. The lowest BCUT2D eigenvalue weighted by molar-refractivity contribution is 0.111. The molecule has 0 radical (unpaired) electrons. The first-order chi connectivity index (χ1) is 12.8. The van der Waals surface area contributed by atoms with Gasteiger partial charge < -0.3 is 30.3 Å². The highest BCUT2D eigenvalue weighted by Gasteiger charge is 2.17. The van der Waals surface area contributed by atoms with E-state index in [9.17, 15) is 24.9 Å². The van der Waals surface area contributed by atoms with Crippen LogP contribution in [0.15, 0.2) is 12.1 Å². The van der Waals surface area contributed by atoms with Crippen LogP contribution in [0.5, 0.6) is 34.5 Å². The fraction of sp³-hybridized carbons (Fsp3) is 0.0588. The van der Waals surface area contributed by atoms with Crippen molar-refractivity contribution in [2.24, 2.45) is 0 Å². The van der Waals surface area contributed by atoms with Gasteiger partial charge in [-0.1, -0.05) is 0 Å². The molecule has 0 bridgehead atoms. The zero-order valence-corrected chi connectivity index (χ0v) is 13.7. The average molecular weight is 372 g/mol. The van der Waals surface area contributed by atoms with Gasteiger partial charge in [0.05, 0.1) is 18.2 Å². The summed E-state index contributed by atoms with van der Waals surface area (Å²) in [5, 5.41) is 62.8. The van der Waals surface area contributed by atoms with E-state index >= 15 is 0 Å². The van der Waals surface area contributed by atoms with Crippen LogP contribution < -0.4 is 4.74 Å². The fourth-order valence-corrected chi connectivity index (χ4v) is 1.87. The third kappa shape index (κ3) is 3.97. The lowest BCUT2D eigenvalue weighted by Gasteiger charge is -2.08. The quantitative estimate of drug-likeness (QED) is 0.298. The van der Waals surface area contributed by atoms with Gasteiger partial charge in [-0.3, -0.25) is 9.59 Å². The molecule has 0 aliphatic heterocycles. The van der Waals surface area contributed by atoms with Crippen molar-refractivity contribution in [2.75, 3.05) is 7.11 Å². The highest BCUT2D eigenvalue weighted by atomic mass is 16.5. The second-order valence-corrected chi connectivity index (χ2v) is 4.75. The molecule has 0 atom stereocenters. The molecule has 138 valence electrons. The van der Waals surface area contributed by atoms with E-state index in [4.69, 9.17) is 25.5 Å². The van der Waals surface area contributed by atoms with E-state index in [1.165, 1.54) is 13.2 Å². The molecule has 0 saturated heterocycles. The first-order valence-electron chi connectivity index (χ1n) is 6.88. The Kier molecular flexibility index (Phi) is 6.56. The van der Waals surface area contributed by atoms with Crippen LogP contribution in [0.3, 0.4) is 0 Å². The number of benzene rings is 2. The average Bonchev–Trinajstić information content (AvgIpc) is 2.66. The molecule has 10 nitrogen and oxygen atoms in total. The Hall–Kier alpha value is -4.44. The third-order valence-corrected chi connectivity index (χ3v) is 3.25. The van der Waals surface area contributed by atoms with E-state index in [-0.39, 0.29) is 28.7 Å². The molecule has 0 saturated carbocycles. The Morgan fingerprint density at radius 2 is 1.52 bits per heavy atom. The molecule has 2 aromatic carbocycles. The standard InChI is InChI=1S/C9H8O5.C8H4N2O3/c1-14-7-2-5(3-10)8(12)6(4-11)9(7)13;9-2-4-1-6(11)8(13)5(3-10)7(4)12/h2-4,12-13H,1H3;1,11-13H. The third-order valence-electron chi connectivity index (χ3n) is 3.25. The summed E-state index contributed by atoms with van der Waals surface area (Å²) < 4.78 is 4.71. The molecule has 0 spiro atoms. The van der Waals surface area contributed by atoms with Crippen molar-refractivity contribution in [3.8, 4) is 46.6 Å². The molecule has 0 aliphatic carbocycles. The predicted molar refractivity (Wildman–Crippen MR) is 88.0 cm³/mol. The van der Waals surface area contributed by atoms with Gasteiger partial charge in [0.25, 0.3) is 0 Å². The number of carbonyl (C=O) groups excluding carboxylic acids is 2. The summed E-state index contributed by atoms with van der Waals surface area (Å²) in [6, 6.07) is 5.06. The van der Waals surface area contributed by atoms with Gasteiger partial charge in [0.1, 0.15) is 29.0 Å². The second kappa shape index (κ2) is 8.60. The summed E-state index contributed by atoms with van der Waals surface area (Å²) in [5.41, 5.74) is -1.23. The maximum atomic E-state index is 10.5. The lowest BCUT2D eigenvalue weighted by Crippen LogP contribution is -1.93. The summed E-state index contributed by atoms with van der Waals surface area (Å²) in [6.07, 6.45) is 0.616. The number of aromatic hydroxyl groups is 5. The van der Waals surface area contributed by atoms with E-state index in [0.717, 1.165) is 12.1 Å². The predicted octanol–water partition coefficient (Wildman–Crippen LogP) is 1.28. The van der Waals surface area contributed by atoms with Gasteiger partial charge >= 0.3 is 0 Å².